The molecule has 1 rings (SSSR count). The topological polar surface area (TPSA) is 53.6 Å². The Hall–Kier alpha value is -1.46. The van der Waals surface area contributed by atoms with Gasteiger partial charge in [0.2, 0.25) is 0 Å². The van der Waals surface area contributed by atoms with Crippen LogP contribution in [0.2, 0.25) is 5.02 Å². The predicted molar refractivity (Wildman–Crippen MR) is 87.7 cm³/mol. The Bertz CT molecular complexity index is 476. The maximum absolute atomic E-state index is 12.2. The van der Waals surface area contributed by atoms with E-state index in [0.29, 0.717) is 22.9 Å². The quantitative estimate of drug-likeness (QED) is 0.774. The minimum Gasteiger partial charge on any atom is -0.496 e. The monoisotopic (exact) mass is 313 g/mol. The standard InChI is InChI=1S/C15H24ClN3O2/c1-5-19(6-2)8-7-18-15(20)11-9-12(16)13(17-3)10-14(11)21-4/h9-10,17H,5-8H2,1-4H3,(H,18,20). The molecular weight excluding hydrogens is 290 g/mol. The van der Waals surface area contributed by atoms with Crippen molar-refractivity contribution >= 4 is 23.2 Å². The fraction of sp³-hybridized carbons (Fsp3) is 0.533. The number of amides is 1. The smallest absolute Gasteiger partial charge is 0.255 e. The van der Waals surface area contributed by atoms with E-state index in [-0.39, 0.29) is 5.91 Å². The van der Waals surface area contributed by atoms with Gasteiger partial charge in [-0.1, -0.05) is 25.4 Å². The number of methoxy groups -OCH3 is 1. The van der Waals surface area contributed by atoms with Gasteiger partial charge >= 0.3 is 0 Å². The van der Waals surface area contributed by atoms with E-state index in [0.717, 1.165) is 25.3 Å². The molecule has 0 aliphatic rings. The summed E-state index contributed by atoms with van der Waals surface area (Å²) < 4.78 is 5.26. The summed E-state index contributed by atoms with van der Waals surface area (Å²) in [6.07, 6.45) is 0. The first-order valence-corrected chi connectivity index (χ1v) is 7.50. The van der Waals surface area contributed by atoms with Gasteiger partial charge in [0.15, 0.2) is 0 Å². The lowest BCUT2D eigenvalue weighted by molar-refractivity contribution is 0.0946. The highest BCUT2D eigenvalue weighted by Crippen LogP contribution is 2.30. The summed E-state index contributed by atoms with van der Waals surface area (Å²) in [5.74, 6) is 0.327. The molecule has 0 saturated carbocycles. The van der Waals surface area contributed by atoms with Gasteiger partial charge in [-0.25, -0.2) is 0 Å². The van der Waals surface area contributed by atoms with Crippen LogP contribution in [-0.4, -0.2) is 51.1 Å². The highest BCUT2D eigenvalue weighted by Gasteiger charge is 2.15. The van der Waals surface area contributed by atoms with Crippen molar-refractivity contribution in [3.8, 4) is 5.75 Å². The Kier molecular flexibility index (Phi) is 7.32. The van der Waals surface area contributed by atoms with Gasteiger partial charge in [-0.05, 0) is 19.2 Å². The van der Waals surface area contributed by atoms with Crippen LogP contribution in [-0.2, 0) is 0 Å². The number of hydrogen-bond donors (Lipinski definition) is 2. The van der Waals surface area contributed by atoms with Gasteiger partial charge in [0.1, 0.15) is 5.75 Å². The number of rotatable bonds is 8. The van der Waals surface area contributed by atoms with Crippen molar-refractivity contribution in [2.24, 2.45) is 0 Å². The van der Waals surface area contributed by atoms with E-state index < -0.39 is 0 Å². The maximum Gasteiger partial charge on any atom is 0.255 e. The van der Waals surface area contributed by atoms with Gasteiger partial charge in [-0.15, -0.1) is 0 Å². The summed E-state index contributed by atoms with van der Waals surface area (Å²) in [4.78, 5) is 14.5. The molecule has 2 N–H and O–H groups in total. The van der Waals surface area contributed by atoms with Crippen molar-refractivity contribution < 1.29 is 9.53 Å². The maximum atomic E-state index is 12.2. The molecule has 0 bridgehead atoms. The molecule has 0 radical (unpaired) electrons. The highest BCUT2D eigenvalue weighted by molar-refractivity contribution is 6.33. The Morgan fingerprint density at radius 1 is 1.33 bits per heavy atom. The van der Waals surface area contributed by atoms with Crippen molar-refractivity contribution in [1.82, 2.24) is 10.2 Å². The third kappa shape index (κ3) is 4.79. The third-order valence-corrected chi connectivity index (χ3v) is 3.72. The Morgan fingerprint density at radius 2 is 2.00 bits per heavy atom. The summed E-state index contributed by atoms with van der Waals surface area (Å²) in [5.41, 5.74) is 1.18. The lowest BCUT2D eigenvalue weighted by Gasteiger charge is -2.18. The molecule has 1 aromatic carbocycles. The second kappa shape index (κ2) is 8.74. The van der Waals surface area contributed by atoms with Crippen LogP contribution in [0.1, 0.15) is 24.2 Å². The average Bonchev–Trinajstić information content (AvgIpc) is 2.51. The van der Waals surface area contributed by atoms with Crippen LogP contribution in [0.5, 0.6) is 5.75 Å². The van der Waals surface area contributed by atoms with Gasteiger partial charge in [-0.3, -0.25) is 4.79 Å². The Labute approximate surface area is 131 Å². The highest BCUT2D eigenvalue weighted by atomic mass is 35.5. The molecule has 1 aromatic rings. The van der Waals surface area contributed by atoms with E-state index in [1.54, 1.807) is 19.2 Å². The van der Waals surface area contributed by atoms with E-state index in [9.17, 15) is 4.79 Å². The first-order valence-electron chi connectivity index (χ1n) is 7.13. The molecule has 0 atom stereocenters. The molecule has 0 aliphatic heterocycles. The number of halogens is 1. The summed E-state index contributed by atoms with van der Waals surface area (Å²) in [5, 5.41) is 6.35. The Morgan fingerprint density at radius 3 is 2.52 bits per heavy atom. The number of anilines is 1. The van der Waals surface area contributed by atoms with Crippen LogP contribution in [0.4, 0.5) is 5.69 Å². The zero-order valence-electron chi connectivity index (χ0n) is 13.1. The molecule has 0 fully saturated rings. The zero-order valence-corrected chi connectivity index (χ0v) is 13.9. The average molecular weight is 314 g/mol. The number of likely N-dealkylation sites (N-methyl/N-ethyl adjacent to an activating group) is 1. The molecule has 5 nitrogen and oxygen atoms in total. The van der Waals surface area contributed by atoms with Crippen molar-refractivity contribution in [3.05, 3.63) is 22.7 Å². The molecule has 21 heavy (non-hydrogen) atoms. The molecular formula is C15H24ClN3O2. The molecule has 1 amide bonds. The van der Waals surface area contributed by atoms with Gasteiger partial charge in [-0.2, -0.15) is 0 Å². The fourth-order valence-electron chi connectivity index (χ4n) is 2.05. The third-order valence-electron chi connectivity index (χ3n) is 3.41. The molecule has 0 aliphatic carbocycles. The van der Waals surface area contributed by atoms with Gasteiger partial charge < -0.3 is 20.3 Å². The lowest BCUT2D eigenvalue weighted by Crippen LogP contribution is -2.34. The molecule has 0 spiro atoms. The first-order chi connectivity index (χ1) is 10.1. The summed E-state index contributed by atoms with van der Waals surface area (Å²) in [7, 11) is 3.31. The predicted octanol–water partition coefficient (Wildman–Crippen LogP) is 2.46. The lowest BCUT2D eigenvalue weighted by atomic mass is 10.1. The van der Waals surface area contributed by atoms with Crippen molar-refractivity contribution in [3.63, 3.8) is 0 Å². The molecule has 118 valence electrons. The summed E-state index contributed by atoms with van der Waals surface area (Å²) in [6, 6.07) is 3.35. The van der Waals surface area contributed by atoms with E-state index in [1.807, 2.05) is 0 Å². The van der Waals surface area contributed by atoms with Crippen molar-refractivity contribution in [2.45, 2.75) is 13.8 Å². The van der Waals surface area contributed by atoms with Crippen LogP contribution in [0.15, 0.2) is 12.1 Å². The van der Waals surface area contributed by atoms with E-state index in [4.69, 9.17) is 16.3 Å². The number of benzene rings is 1. The minimum atomic E-state index is -0.177. The van der Waals surface area contributed by atoms with Crippen LogP contribution in [0.3, 0.4) is 0 Å². The second-order valence-electron chi connectivity index (χ2n) is 4.57. The van der Waals surface area contributed by atoms with Crippen molar-refractivity contribution in [1.29, 1.82) is 0 Å². The van der Waals surface area contributed by atoms with Crippen LogP contribution in [0, 0.1) is 0 Å². The van der Waals surface area contributed by atoms with Crippen LogP contribution >= 0.6 is 11.6 Å². The SMILES string of the molecule is CCN(CC)CCNC(=O)c1cc(Cl)c(NC)cc1OC. The van der Waals surface area contributed by atoms with Crippen LogP contribution in [0.25, 0.3) is 0 Å². The van der Waals surface area contributed by atoms with E-state index >= 15 is 0 Å². The minimum absolute atomic E-state index is 0.177. The molecule has 0 heterocycles. The van der Waals surface area contributed by atoms with Gasteiger partial charge in [0.05, 0.1) is 23.4 Å². The van der Waals surface area contributed by atoms with Crippen molar-refractivity contribution in [2.75, 3.05) is 45.7 Å². The molecule has 0 aromatic heterocycles. The number of nitrogens with one attached hydrogen (secondary N) is 2. The first kappa shape index (κ1) is 17.6. The van der Waals surface area contributed by atoms with Crippen LogP contribution < -0.4 is 15.4 Å². The normalized spacial score (nSPS) is 10.6. The molecule has 0 saturated heterocycles. The molecule has 0 unspecified atom stereocenters. The number of ether oxygens (including phenoxy) is 1. The number of nitrogens with zero attached hydrogens (tertiary/aromatic N) is 1. The molecule has 6 heteroatoms. The zero-order chi connectivity index (χ0) is 15.8. The summed E-state index contributed by atoms with van der Waals surface area (Å²) in [6.45, 7) is 7.56. The van der Waals surface area contributed by atoms with Gasteiger partial charge in [0, 0.05) is 26.2 Å². The number of carbonyl (C=O) groups excluding carboxylic acids is 1. The summed E-state index contributed by atoms with van der Waals surface area (Å²) >= 11 is 6.13. The van der Waals surface area contributed by atoms with E-state index in [1.165, 1.54) is 7.11 Å². The van der Waals surface area contributed by atoms with E-state index in [2.05, 4.69) is 29.4 Å². The second-order valence-corrected chi connectivity index (χ2v) is 4.97. The fourth-order valence-corrected chi connectivity index (χ4v) is 2.31. The number of hydrogen-bond acceptors (Lipinski definition) is 4. The van der Waals surface area contributed by atoms with Gasteiger partial charge in [0.25, 0.3) is 5.91 Å². The largest absolute Gasteiger partial charge is 0.496 e. The number of carbonyl (C=O) groups is 1. The Balaban J connectivity index is 2.75.